The van der Waals surface area contributed by atoms with Gasteiger partial charge < -0.3 is 4.74 Å². The fourth-order valence-corrected chi connectivity index (χ4v) is 2.97. The molecule has 0 aromatic heterocycles. The molecule has 0 aliphatic rings. The number of amides is 1. The number of nitrogens with one attached hydrogen (secondary N) is 1. The van der Waals surface area contributed by atoms with Crippen molar-refractivity contribution < 1.29 is 9.53 Å². The predicted molar refractivity (Wildman–Crippen MR) is 118 cm³/mol. The lowest BCUT2D eigenvalue weighted by molar-refractivity contribution is -0.120. The molecule has 0 aliphatic heterocycles. The first-order valence-corrected chi connectivity index (χ1v) is 9.73. The minimum Gasteiger partial charge on any atom is -0.489 e. The molecule has 4 nitrogen and oxygen atoms in total. The first-order chi connectivity index (χ1) is 14.0. The van der Waals surface area contributed by atoms with Gasteiger partial charge >= 0.3 is 0 Å². The van der Waals surface area contributed by atoms with Crippen LogP contribution in [0.3, 0.4) is 0 Å². The largest absolute Gasteiger partial charge is 0.489 e. The molecule has 148 valence electrons. The predicted octanol–water partition coefficient (Wildman–Crippen LogP) is 5.23. The van der Waals surface area contributed by atoms with Gasteiger partial charge in [0, 0.05) is 10.6 Å². The van der Waals surface area contributed by atoms with E-state index in [2.05, 4.69) is 17.5 Å². The lowest BCUT2D eigenvalue weighted by Crippen LogP contribution is -2.19. The fraction of sp³-hybridized carbons (Fsp3) is 0.167. The average molecular weight is 407 g/mol. The number of hydrazone groups is 1. The number of carbonyl (C=O) groups is 1. The van der Waals surface area contributed by atoms with Crippen molar-refractivity contribution in [3.05, 3.63) is 99.6 Å². The van der Waals surface area contributed by atoms with Gasteiger partial charge in [0.2, 0.25) is 5.91 Å². The Hall–Kier alpha value is -3.11. The summed E-state index contributed by atoms with van der Waals surface area (Å²) in [5.41, 5.74) is 7.67. The van der Waals surface area contributed by atoms with Gasteiger partial charge in [-0.1, -0.05) is 60.1 Å². The van der Waals surface area contributed by atoms with Crippen molar-refractivity contribution in [1.82, 2.24) is 5.43 Å². The molecule has 0 fully saturated rings. The van der Waals surface area contributed by atoms with Gasteiger partial charge in [0.25, 0.3) is 0 Å². The summed E-state index contributed by atoms with van der Waals surface area (Å²) in [6.45, 7) is 4.47. The molecule has 3 rings (SSSR count). The van der Waals surface area contributed by atoms with Crippen LogP contribution < -0.4 is 10.2 Å². The number of benzene rings is 3. The van der Waals surface area contributed by atoms with E-state index in [1.165, 1.54) is 11.1 Å². The molecule has 0 aliphatic carbocycles. The Labute approximate surface area is 176 Å². The van der Waals surface area contributed by atoms with Crippen LogP contribution in [0.5, 0.6) is 5.75 Å². The van der Waals surface area contributed by atoms with Gasteiger partial charge in [-0.15, -0.1) is 0 Å². The van der Waals surface area contributed by atoms with E-state index in [1.54, 1.807) is 6.21 Å². The molecule has 0 bridgehead atoms. The van der Waals surface area contributed by atoms with Gasteiger partial charge in [-0.3, -0.25) is 4.79 Å². The van der Waals surface area contributed by atoms with Crippen LogP contribution in [0.2, 0.25) is 5.02 Å². The Bertz CT molecular complexity index is 1030. The van der Waals surface area contributed by atoms with Crippen molar-refractivity contribution in [1.29, 1.82) is 0 Å². The second-order valence-electron chi connectivity index (χ2n) is 6.84. The van der Waals surface area contributed by atoms with Crippen molar-refractivity contribution in [2.45, 2.75) is 26.9 Å². The zero-order valence-electron chi connectivity index (χ0n) is 16.5. The maximum atomic E-state index is 12.1. The summed E-state index contributed by atoms with van der Waals surface area (Å²) in [6.07, 6.45) is 1.89. The van der Waals surface area contributed by atoms with Crippen molar-refractivity contribution >= 4 is 23.7 Å². The number of aryl methyl sites for hydroxylation is 2. The van der Waals surface area contributed by atoms with E-state index >= 15 is 0 Å². The second kappa shape index (κ2) is 9.89. The van der Waals surface area contributed by atoms with Gasteiger partial charge in [-0.05, 0) is 54.3 Å². The number of nitrogens with zero attached hydrogens (tertiary/aromatic N) is 1. The highest BCUT2D eigenvalue weighted by Crippen LogP contribution is 2.19. The number of carbonyl (C=O) groups excluding carboxylic acids is 1. The molecular formula is C24H23ClN2O2. The Morgan fingerprint density at radius 1 is 1.03 bits per heavy atom. The summed E-state index contributed by atoms with van der Waals surface area (Å²) in [5.74, 6) is 0.547. The lowest BCUT2D eigenvalue weighted by atomic mass is 10.0. The minimum absolute atomic E-state index is 0.157. The maximum absolute atomic E-state index is 12.1. The van der Waals surface area contributed by atoms with Crippen LogP contribution in [-0.4, -0.2) is 12.1 Å². The standard InChI is InChI=1S/C24H23ClN2O2/c1-17-10-11-19(12-18(17)2)14-24(28)27-26-15-20-6-5-8-22(13-20)29-16-21-7-3-4-9-23(21)25/h3-13,15H,14,16H2,1-2H3,(H,27,28)/b26-15-. The quantitative estimate of drug-likeness (QED) is 0.431. The first-order valence-electron chi connectivity index (χ1n) is 9.35. The molecule has 5 heteroatoms. The summed E-state index contributed by atoms with van der Waals surface area (Å²) in [7, 11) is 0. The van der Waals surface area contributed by atoms with Gasteiger partial charge in [0.15, 0.2) is 0 Å². The van der Waals surface area contributed by atoms with E-state index in [9.17, 15) is 4.79 Å². The summed E-state index contributed by atoms with van der Waals surface area (Å²) in [6, 6.07) is 21.1. The second-order valence-corrected chi connectivity index (χ2v) is 7.25. The van der Waals surface area contributed by atoms with Crippen LogP contribution in [0.15, 0.2) is 71.8 Å². The van der Waals surface area contributed by atoms with Crippen LogP contribution in [0, 0.1) is 13.8 Å². The van der Waals surface area contributed by atoms with E-state index in [1.807, 2.05) is 73.7 Å². The highest BCUT2D eigenvalue weighted by atomic mass is 35.5. The zero-order chi connectivity index (χ0) is 20.6. The molecule has 1 amide bonds. The number of halogens is 1. The molecule has 0 saturated heterocycles. The molecule has 1 N–H and O–H groups in total. The van der Waals surface area contributed by atoms with Crippen LogP contribution >= 0.6 is 11.6 Å². The van der Waals surface area contributed by atoms with Crippen LogP contribution in [0.25, 0.3) is 0 Å². The van der Waals surface area contributed by atoms with Gasteiger partial charge in [-0.2, -0.15) is 5.10 Å². The van der Waals surface area contributed by atoms with E-state index in [-0.39, 0.29) is 5.91 Å². The van der Waals surface area contributed by atoms with E-state index in [0.29, 0.717) is 23.8 Å². The van der Waals surface area contributed by atoms with Crippen LogP contribution in [0.1, 0.15) is 27.8 Å². The summed E-state index contributed by atoms with van der Waals surface area (Å²) in [4.78, 5) is 12.1. The Morgan fingerprint density at radius 3 is 2.66 bits per heavy atom. The third-order valence-corrected chi connectivity index (χ3v) is 4.92. The monoisotopic (exact) mass is 406 g/mol. The molecule has 0 spiro atoms. The van der Waals surface area contributed by atoms with Crippen molar-refractivity contribution in [2.24, 2.45) is 5.10 Å². The molecular weight excluding hydrogens is 384 g/mol. The zero-order valence-corrected chi connectivity index (χ0v) is 17.2. The molecule has 0 heterocycles. The summed E-state index contributed by atoms with van der Waals surface area (Å²) >= 11 is 6.15. The molecule has 29 heavy (non-hydrogen) atoms. The third kappa shape index (κ3) is 6.19. The van der Waals surface area contributed by atoms with E-state index in [4.69, 9.17) is 16.3 Å². The van der Waals surface area contributed by atoms with Gasteiger partial charge in [0.1, 0.15) is 12.4 Å². The van der Waals surface area contributed by atoms with Gasteiger partial charge in [-0.25, -0.2) is 5.43 Å². The number of hydrogen-bond donors (Lipinski definition) is 1. The third-order valence-electron chi connectivity index (χ3n) is 4.55. The molecule has 0 atom stereocenters. The lowest BCUT2D eigenvalue weighted by Gasteiger charge is -2.08. The molecule has 0 radical (unpaired) electrons. The van der Waals surface area contributed by atoms with Crippen molar-refractivity contribution in [2.75, 3.05) is 0 Å². The number of hydrogen-bond acceptors (Lipinski definition) is 3. The van der Waals surface area contributed by atoms with E-state index < -0.39 is 0 Å². The average Bonchev–Trinajstić information content (AvgIpc) is 2.70. The summed E-state index contributed by atoms with van der Waals surface area (Å²) in [5, 5.41) is 4.73. The van der Waals surface area contributed by atoms with Gasteiger partial charge in [0.05, 0.1) is 12.6 Å². The fourth-order valence-electron chi connectivity index (χ4n) is 2.78. The van der Waals surface area contributed by atoms with Crippen molar-refractivity contribution in [3.63, 3.8) is 0 Å². The minimum atomic E-state index is -0.157. The van der Waals surface area contributed by atoms with Crippen molar-refractivity contribution in [3.8, 4) is 5.75 Å². The molecule has 0 saturated carbocycles. The Kier molecular flexibility index (Phi) is 7.04. The maximum Gasteiger partial charge on any atom is 0.244 e. The smallest absolute Gasteiger partial charge is 0.244 e. The topological polar surface area (TPSA) is 50.7 Å². The highest BCUT2D eigenvalue weighted by molar-refractivity contribution is 6.31. The van der Waals surface area contributed by atoms with Crippen LogP contribution in [-0.2, 0) is 17.8 Å². The first kappa shape index (κ1) is 20.6. The molecule has 3 aromatic rings. The summed E-state index contributed by atoms with van der Waals surface area (Å²) < 4.78 is 5.81. The SMILES string of the molecule is Cc1ccc(CC(=O)N/N=C\c2cccc(OCc3ccccc3Cl)c2)cc1C. The van der Waals surface area contributed by atoms with Crippen LogP contribution in [0.4, 0.5) is 0 Å². The van der Waals surface area contributed by atoms with E-state index in [0.717, 1.165) is 16.7 Å². The number of rotatable bonds is 7. The highest BCUT2D eigenvalue weighted by Gasteiger charge is 2.04. The molecule has 0 unspecified atom stereocenters. The normalized spacial score (nSPS) is 10.9. The Morgan fingerprint density at radius 2 is 1.86 bits per heavy atom. The molecule has 3 aromatic carbocycles. The number of ether oxygens (including phenoxy) is 1. The Balaban J connectivity index is 1.53.